The SMILES string of the molecule is O=N[SiH2][N+](=O)[O-]. The summed E-state index contributed by atoms with van der Waals surface area (Å²) >= 11 is 0. The van der Waals surface area contributed by atoms with Crippen molar-refractivity contribution in [3.63, 3.8) is 0 Å². The molecule has 6 heteroatoms. The maximum atomic E-state index is 9.17. The van der Waals surface area contributed by atoms with Gasteiger partial charge in [-0.1, -0.05) is 0 Å². The summed E-state index contributed by atoms with van der Waals surface area (Å²) in [7, 11) is -1.85. The van der Waals surface area contributed by atoms with Crippen LogP contribution in [0.15, 0.2) is 4.84 Å². The third-order valence-electron chi connectivity index (χ3n) is 0.173. The zero-order valence-electron chi connectivity index (χ0n) is 2.83. The second-order valence-corrected chi connectivity index (χ2v) is 1.66. The summed E-state index contributed by atoms with van der Waals surface area (Å²) in [6, 6.07) is 0. The zero-order valence-corrected chi connectivity index (χ0v) is 4.24. The van der Waals surface area contributed by atoms with Gasteiger partial charge in [-0.25, -0.2) is 0 Å². The predicted molar refractivity (Wildman–Crippen MR) is 21.3 cm³/mol. The first-order chi connectivity index (χ1) is 2.77. The Hall–Kier alpha value is -0.783. The maximum absolute atomic E-state index is 9.17. The van der Waals surface area contributed by atoms with Gasteiger partial charge in [-0.2, -0.15) is 4.91 Å². The van der Waals surface area contributed by atoms with Gasteiger partial charge >= 0.3 is 9.84 Å². The summed E-state index contributed by atoms with van der Waals surface area (Å²) in [6.45, 7) is 0. The molecule has 5 nitrogen and oxygen atoms in total. The molecule has 0 heterocycles. The molecule has 0 bridgehead atoms. The molecular weight excluding hydrogens is 104 g/mol. The van der Waals surface area contributed by atoms with Crippen LogP contribution in [0.5, 0.6) is 0 Å². The van der Waals surface area contributed by atoms with E-state index in [0.29, 0.717) is 0 Å². The van der Waals surface area contributed by atoms with Crippen molar-refractivity contribution in [1.29, 1.82) is 0 Å². The number of rotatable bonds is 2. The molecule has 0 spiro atoms. The number of nitroso groups, excluding NO2 is 1. The van der Waals surface area contributed by atoms with Crippen LogP contribution in [-0.4, -0.2) is 14.4 Å². The summed E-state index contributed by atoms with van der Waals surface area (Å²) in [5.74, 6) is 0. The van der Waals surface area contributed by atoms with Crippen molar-refractivity contribution in [3.05, 3.63) is 15.0 Å². The van der Waals surface area contributed by atoms with Gasteiger partial charge in [-0.3, -0.25) is 10.1 Å². The van der Waals surface area contributed by atoms with Crippen molar-refractivity contribution in [2.24, 2.45) is 4.84 Å². The van der Waals surface area contributed by atoms with Crippen LogP contribution in [0.1, 0.15) is 0 Å². The van der Waals surface area contributed by atoms with Gasteiger partial charge in [0, 0.05) is 0 Å². The molecule has 6 heavy (non-hydrogen) atoms. The van der Waals surface area contributed by atoms with Crippen LogP contribution in [0.4, 0.5) is 0 Å². The highest BCUT2D eigenvalue weighted by Gasteiger charge is 1.93. The molecule has 0 saturated heterocycles. The Balaban J connectivity index is 3.05. The van der Waals surface area contributed by atoms with E-state index in [2.05, 4.69) is 4.84 Å². The molecule has 0 fully saturated rings. The van der Waals surface area contributed by atoms with E-state index in [1.165, 1.54) is 0 Å². The molecule has 0 rings (SSSR count). The molecule has 0 aliphatic rings. The predicted octanol–water partition coefficient (Wildman–Crippen LogP) is -0.972. The number of nitro groups is 1. The molecule has 0 N–H and O–H groups in total. The van der Waals surface area contributed by atoms with E-state index in [1.54, 1.807) is 0 Å². The van der Waals surface area contributed by atoms with Crippen molar-refractivity contribution >= 4 is 9.84 Å². The molecule has 0 aliphatic heterocycles. The van der Waals surface area contributed by atoms with E-state index < -0.39 is 14.4 Å². The molecule has 0 saturated carbocycles. The Morgan fingerprint density at radius 1 is 1.83 bits per heavy atom. The molecule has 0 radical (unpaired) electrons. The first-order valence-corrected chi connectivity index (χ1v) is 2.45. The van der Waals surface area contributed by atoms with Gasteiger partial charge < -0.3 is 0 Å². The summed E-state index contributed by atoms with van der Waals surface area (Å²) in [5, 5.41) is 9.17. The fraction of sp³-hybridized carbons (Fsp3) is 0. The Kier molecular flexibility index (Phi) is 2.13. The lowest BCUT2D eigenvalue weighted by Crippen LogP contribution is -1.99. The number of hydrogen-bond donors (Lipinski definition) is 0. The van der Waals surface area contributed by atoms with Crippen molar-refractivity contribution in [2.45, 2.75) is 0 Å². The minimum Gasteiger partial charge on any atom is -0.288 e. The minimum absolute atomic E-state index is 0.660. The second kappa shape index (κ2) is 2.45. The standard InChI is InChI=1S/H2N2O3Si/c3-1-6-2(4)5/h6H2. The molecule has 0 atom stereocenters. The van der Waals surface area contributed by atoms with Gasteiger partial charge in [-0.15, -0.1) is 0 Å². The lowest BCUT2D eigenvalue weighted by molar-refractivity contribution is -0.322. The van der Waals surface area contributed by atoms with Crippen molar-refractivity contribution in [1.82, 2.24) is 0 Å². The van der Waals surface area contributed by atoms with Crippen LogP contribution in [0, 0.1) is 15.0 Å². The van der Waals surface area contributed by atoms with E-state index in [1.807, 2.05) is 0 Å². The van der Waals surface area contributed by atoms with Gasteiger partial charge in [0.25, 0.3) is 0 Å². The summed E-state index contributed by atoms with van der Waals surface area (Å²) < 4.78 is -0.660. The molecule has 0 aromatic rings. The smallest absolute Gasteiger partial charge is 0.288 e. The van der Waals surface area contributed by atoms with Gasteiger partial charge in [0.2, 0.25) is 0 Å². The highest BCUT2D eigenvalue weighted by Crippen LogP contribution is 1.59. The third kappa shape index (κ3) is 3.22. The highest BCUT2D eigenvalue weighted by molar-refractivity contribution is 6.22. The molecule has 0 amide bonds. The normalized spacial score (nSPS) is 9.33. The molecule has 0 aromatic heterocycles. The number of nitrogens with zero attached hydrogens (tertiary/aromatic N) is 2. The van der Waals surface area contributed by atoms with E-state index in [0.717, 1.165) is 0 Å². The summed E-state index contributed by atoms with van der Waals surface area (Å²) in [6.07, 6.45) is 0. The van der Waals surface area contributed by atoms with E-state index in [-0.39, 0.29) is 0 Å². The fourth-order valence-corrected chi connectivity index (χ4v) is 0.141. The molecule has 0 unspecified atom stereocenters. The average molecular weight is 106 g/mol. The van der Waals surface area contributed by atoms with Gasteiger partial charge in [0.1, 0.15) is 0 Å². The largest absolute Gasteiger partial charge is 0.564 e. The minimum atomic E-state index is -1.85. The van der Waals surface area contributed by atoms with Crippen LogP contribution < -0.4 is 0 Å². The Bertz CT molecular complexity index is 69.2. The third-order valence-corrected chi connectivity index (χ3v) is 0.520. The first-order valence-electron chi connectivity index (χ1n) is 1.18. The van der Waals surface area contributed by atoms with Gasteiger partial charge in [0.15, 0.2) is 0 Å². The number of hydrogen-bond acceptors (Lipinski definition) is 4. The molecule has 34 valence electrons. The first kappa shape index (κ1) is 5.22. The van der Waals surface area contributed by atoms with Crippen molar-refractivity contribution in [2.75, 3.05) is 0 Å². The van der Waals surface area contributed by atoms with Crippen molar-refractivity contribution in [3.8, 4) is 0 Å². The zero-order chi connectivity index (χ0) is 4.99. The lowest BCUT2D eigenvalue weighted by atomic mass is 13.4. The van der Waals surface area contributed by atoms with E-state index in [4.69, 9.17) is 4.91 Å². The maximum Gasteiger partial charge on any atom is 0.564 e. The lowest BCUT2D eigenvalue weighted by Gasteiger charge is -1.72. The van der Waals surface area contributed by atoms with Crippen molar-refractivity contribution < 1.29 is 4.59 Å². The molecular formula is H2N2O3Si. The van der Waals surface area contributed by atoms with Gasteiger partial charge in [-0.05, 0) is 9.43 Å². The Morgan fingerprint density at radius 3 is 2.33 bits per heavy atom. The summed E-state index contributed by atoms with van der Waals surface area (Å²) in [5.41, 5.74) is 0. The second-order valence-electron chi connectivity index (χ2n) is 0.603. The Labute approximate surface area is 35.5 Å². The topological polar surface area (TPSA) is 72.6 Å². The van der Waals surface area contributed by atoms with Crippen LogP contribution in [0.25, 0.3) is 0 Å². The van der Waals surface area contributed by atoms with Gasteiger partial charge in [0.05, 0.1) is 0 Å². The monoisotopic (exact) mass is 106 g/mol. The highest BCUT2D eigenvalue weighted by atomic mass is 28.2. The molecule has 0 aliphatic carbocycles. The quantitative estimate of drug-likeness (QED) is 0.197. The average Bonchev–Trinajstić information content (AvgIpc) is 1.35. The van der Waals surface area contributed by atoms with Crippen LogP contribution in [0.2, 0.25) is 0 Å². The van der Waals surface area contributed by atoms with Crippen LogP contribution in [-0.2, 0) is 0 Å². The summed E-state index contributed by atoms with van der Waals surface area (Å²) in [4.78, 5) is 20.3. The van der Waals surface area contributed by atoms with E-state index >= 15 is 0 Å². The fourth-order valence-electron chi connectivity index (χ4n) is 0.0471. The Morgan fingerprint density at radius 2 is 2.33 bits per heavy atom. The van der Waals surface area contributed by atoms with E-state index in [9.17, 15) is 10.1 Å². The molecule has 0 aromatic carbocycles. The van der Waals surface area contributed by atoms with Crippen LogP contribution >= 0.6 is 0 Å². The van der Waals surface area contributed by atoms with Crippen LogP contribution in [0.3, 0.4) is 0 Å².